The van der Waals surface area contributed by atoms with Crippen LogP contribution in [0.25, 0.3) is 0 Å². The molecule has 0 saturated carbocycles. The lowest BCUT2D eigenvalue weighted by Crippen LogP contribution is -2.18. The third kappa shape index (κ3) is 3.91. The summed E-state index contributed by atoms with van der Waals surface area (Å²) in [5, 5.41) is 8.04. The van der Waals surface area contributed by atoms with E-state index in [-0.39, 0.29) is 0 Å². The van der Waals surface area contributed by atoms with Crippen molar-refractivity contribution in [3.05, 3.63) is 52.3 Å². The van der Waals surface area contributed by atoms with Gasteiger partial charge in [0.1, 0.15) is 0 Å². The number of hydrogen-bond acceptors (Lipinski definition) is 2. The molecule has 2 aromatic rings. The van der Waals surface area contributed by atoms with Crippen molar-refractivity contribution in [1.29, 1.82) is 0 Å². The Morgan fingerprint density at radius 2 is 2.05 bits per heavy atom. The summed E-state index contributed by atoms with van der Waals surface area (Å²) in [5.41, 5.74) is 2.35. The average molecular weight is 322 g/mol. The van der Waals surface area contributed by atoms with E-state index in [4.69, 9.17) is 0 Å². The van der Waals surface area contributed by atoms with Crippen LogP contribution in [0.2, 0.25) is 0 Å². The number of hydrogen-bond donors (Lipinski definition) is 1. The molecule has 4 heteroatoms. The van der Waals surface area contributed by atoms with Crippen molar-refractivity contribution in [3.8, 4) is 0 Å². The van der Waals surface area contributed by atoms with Crippen LogP contribution in [0.3, 0.4) is 0 Å². The fraction of sp³-hybridized carbons (Fsp3) is 0.400. The molecule has 102 valence electrons. The highest BCUT2D eigenvalue weighted by molar-refractivity contribution is 9.10. The van der Waals surface area contributed by atoms with Crippen molar-refractivity contribution >= 4 is 15.9 Å². The minimum absolute atomic E-state index is 0.307. The van der Waals surface area contributed by atoms with Gasteiger partial charge in [-0.05, 0) is 44.5 Å². The van der Waals surface area contributed by atoms with Crippen molar-refractivity contribution in [2.75, 3.05) is 0 Å². The molecule has 0 unspecified atom stereocenters. The zero-order chi connectivity index (χ0) is 13.8. The Kier molecular flexibility index (Phi) is 4.77. The van der Waals surface area contributed by atoms with Crippen LogP contribution < -0.4 is 5.32 Å². The second kappa shape index (κ2) is 6.35. The molecule has 0 fully saturated rings. The largest absolute Gasteiger partial charge is 0.304 e. The Bertz CT molecular complexity index is 534. The first-order valence-corrected chi connectivity index (χ1v) is 7.38. The molecule has 1 heterocycles. The summed E-state index contributed by atoms with van der Waals surface area (Å²) in [5.74, 6) is 0. The van der Waals surface area contributed by atoms with Crippen LogP contribution in [0.1, 0.15) is 44.1 Å². The van der Waals surface area contributed by atoms with E-state index in [2.05, 4.69) is 71.4 Å². The summed E-state index contributed by atoms with van der Waals surface area (Å²) in [6.45, 7) is 7.22. The van der Waals surface area contributed by atoms with Gasteiger partial charge in [0.25, 0.3) is 0 Å². The molecule has 1 aromatic heterocycles. The fourth-order valence-electron chi connectivity index (χ4n) is 1.91. The predicted octanol–water partition coefficient (Wildman–Crippen LogP) is 4.08. The summed E-state index contributed by atoms with van der Waals surface area (Å²) in [4.78, 5) is 0. The van der Waals surface area contributed by atoms with E-state index in [1.165, 1.54) is 5.56 Å². The number of halogens is 1. The first kappa shape index (κ1) is 14.3. The summed E-state index contributed by atoms with van der Waals surface area (Å²) in [7, 11) is 0. The smallest absolute Gasteiger partial charge is 0.0762 e. The first-order valence-electron chi connectivity index (χ1n) is 6.59. The van der Waals surface area contributed by atoms with Gasteiger partial charge in [0.2, 0.25) is 0 Å². The molecule has 1 aromatic carbocycles. The molecule has 0 spiro atoms. The van der Waals surface area contributed by atoms with Gasteiger partial charge < -0.3 is 5.32 Å². The van der Waals surface area contributed by atoms with Gasteiger partial charge in [-0.25, -0.2) is 0 Å². The Balaban J connectivity index is 1.94. The van der Waals surface area contributed by atoms with Gasteiger partial charge >= 0.3 is 0 Å². The molecule has 1 N–H and O–H groups in total. The van der Waals surface area contributed by atoms with E-state index in [0.29, 0.717) is 12.1 Å². The molecule has 0 aliphatic heterocycles. The van der Waals surface area contributed by atoms with E-state index in [9.17, 15) is 0 Å². The highest BCUT2D eigenvalue weighted by atomic mass is 79.9. The van der Waals surface area contributed by atoms with Crippen LogP contribution >= 0.6 is 15.9 Å². The van der Waals surface area contributed by atoms with E-state index in [1.807, 2.05) is 16.9 Å². The molecular formula is C15H20BrN3. The highest BCUT2D eigenvalue weighted by Gasteiger charge is 2.07. The van der Waals surface area contributed by atoms with E-state index >= 15 is 0 Å². The van der Waals surface area contributed by atoms with Gasteiger partial charge in [0, 0.05) is 29.3 Å². The quantitative estimate of drug-likeness (QED) is 0.899. The van der Waals surface area contributed by atoms with E-state index < -0.39 is 0 Å². The lowest BCUT2D eigenvalue weighted by atomic mass is 10.1. The summed E-state index contributed by atoms with van der Waals surface area (Å²) >= 11 is 3.50. The van der Waals surface area contributed by atoms with Gasteiger partial charge in [-0.1, -0.05) is 28.1 Å². The molecule has 0 aliphatic rings. The highest BCUT2D eigenvalue weighted by Crippen LogP contribution is 2.18. The Hall–Kier alpha value is -1.13. The lowest BCUT2D eigenvalue weighted by Gasteiger charge is -2.13. The van der Waals surface area contributed by atoms with E-state index in [1.54, 1.807) is 0 Å². The molecule has 3 nitrogen and oxygen atoms in total. The lowest BCUT2D eigenvalue weighted by molar-refractivity contribution is 0.512. The van der Waals surface area contributed by atoms with Crippen molar-refractivity contribution in [1.82, 2.24) is 15.1 Å². The topological polar surface area (TPSA) is 29.9 Å². The molecule has 0 radical (unpaired) electrons. The SMILES string of the molecule is CC(C)n1ccc(CN[C@@H](C)c2cccc(Br)c2)n1. The van der Waals surface area contributed by atoms with Crippen LogP contribution in [-0.2, 0) is 6.54 Å². The average Bonchev–Trinajstić information content (AvgIpc) is 2.85. The number of benzene rings is 1. The number of nitrogens with one attached hydrogen (secondary N) is 1. The van der Waals surface area contributed by atoms with Crippen LogP contribution in [0, 0.1) is 0 Å². The van der Waals surface area contributed by atoms with Crippen molar-refractivity contribution in [3.63, 3.8) is 0 Å². The van der Waals surface area contributed by atoms with Gasteiger partial charge in [-0.15, -0.1) is 0 Å². The minimum Gasteiger partial charge on any atom is -0.304 e. The van der Waals surface area contributed by atoms with Crippen LogP contribution in [0.5, 0.6) is 0 Å². The molecule has 0 aliphatic carbocycles. The summed E-state index contributed by atoms with van der Waals surface area (Å²) in [6.07, 6.45) is 2.03. The molecule has 0 saturated heterocycles. The van der Waals surface area contributed by atoms with Gasteiger partial charge in [-0.3, -0.25) is 4.68 Å². The molecule has 19 heavy (non-hydrogen) atoms. The Labute approximate surface area is 123 Å². The van der Waals surface area contributed by atoms with Crippen molar-refractivity contribution in [2.24, 2.45) is 0 Å². The Morgan fingerprint density at radius 3 is 2.68 bits per heavy atom. The molecular weight excluding hydrogens is 302 g/mol. The monoisotopic (exact) mass is 321 g/mol. The van der Waals surface area contributed by atoms with Crippen molar-refractivity contribution in [2.45, 2.75) is 39.4 Å². The second-order valence-corrected chi connectivity index (χ2v) is 5.95. The number of aromatic nitrogens is 2. The normalized spacial score (nSPS) is 12.9. The van der Waals surface area contributed by atoms with E-state index in [0.717, 1.165) is 16.7 Å². The Morgan fingerprint density at radius 1 is 1.26 bits per heavy atom. The molecule has 2 rings (SSSR count). The fourth-order valence-corrected chi connectivity index (χ4v) is 2.33. The first-order chi connectivity index (χ1) is 9.06. The molecule has 0 amide bonds. The maximum atomic E-state index is 4.54. The second-order valence-electron chi connectivity index (χ2n) is 5.04. The third-order valence-corrected chi connectivity index (χ3v) is 3.62. The van der Waals surface area contributed by atoms with Crippen LogP contribution in [0.15, 0.2) is 41.0 Å². The maximum absolute atomic E-state index is 4.54. The zero-order valence-electron chi connectivity index (χ0n) is 11.6. The standard InChI is InChI=1S/C15H20BrN3/c1-11(2)19-8-7-15(18-19)10-17-12(3)13-5-4-6-14(16)9-13/h4-9,11-12,17H,10H2,1-3H3/t12-/m0/s1. The van der Waals surface area contributed by atoms with Gasteiger partial charge in [0.15, 0.2) is 0 Å². The molecule has 0 bridgehead atoms. The zero-order valence-corrected chi connectivity index (χ0v) is 13.2. The predicted molar refractivity (Wildman–Crippen MR) is 82.0 cm³/mol. The van der Waals surface area contributed by atoms with Crippen LogP contribution in [0.4, 0.5) is 0 Å². The van der Waals surface area contributed by atoms with Gasteiger partial charge in [0.05, 0.1) is 5.69 Å². The van der Waals surface area contributed by atoms with Crippen LogP contribution in [-0.4, -0.2) is 9.78 Å². The number of rotatable bonds is 5. The van der Waals surface area contributed by atoms with Crippen molar-refractivity contribution < 1.29 is 0 Å². The van der Waals surface area contributed by atoms with Gasteiger partial charge in [-0.2, -0.15) is 5.10 Å². The minimum atomic E-state index is 0.307. The summed E-state index contributed by atoms with van der Waals surface area (Å²) < 4.78 is 3.10. The maximum Gasteiger partial charge on any atom is 0.0762 e. The third-order valence-electron chi connectivity index (χ3n) is 3.13. The summed E-state index contributed by atoms with van der Waals surface area (Å²) in [6, 6.07) is 11.2. The number of nitrogens with zero attached hydrogens (tertiary/aromatic N) is 2. The molecule has 1 atom stereocenters.